The van der Waals surface area contributed by atoms with Crippen LogP contribution in [-0.4, -0.2) is 6.61 Å². The van der Waals surface area contributed by atoms with Crippen molar-refractivity contribution in [3.05, 3.63) is 59.2 Å². The molecule has 0 spiro atoms. The maximum Gasteiger partial charge on any atom is 0.119 e. The second kappa shape index (κ2) is 6.63. The van der Waals surface area contributed by atoms with Crippen LogP contribution in [0.1, 0.15) is 23.6 Å². The molecule has 0 aliphatic rings. The molecule has 0 saturated heterocycles. The van der Waals surface area contributed by atoms with Gasteiger partial charge in [-0.2, -0.15) is 5.26 Å². The maximum atomic E-state index is 9.19. The highest BCUT2D eigenvalue weighted by molar-refractivity contribution is 5.60. The average Bonchev–Trinajstić information content (AvgIpc) is 2.47. The van der Waals surface area contributed by atoms with Gasteiger partial charge in [-0.25, -0.2) is 0 Å². The van der Waals surface area contributed by atoms with E-state index in [9.17, 15) is 5.26 Å². The molecule has 0 bridgehead atoms. The normalized spacial score (nSPS) is 9.85. The van der Waals surface area contributed by atoms with Crippen molar-refractivity contribution in [3.63, 3.8) is 0 Å². The van der Waals surface area contributed by atoms with Gasteiger partial charge < -0.3 is 10.1 Å². The van der Waals surface area contributed by atoms with Gasteiger partial charge >= 0.3 is 0 Å². The van der Waals surface area contributed by atoms with Gasteiger partial charge in [-0.1, -0.05) is 24.3 Å². The van der Waals surface area contributed by atoms with E-state index in [2.05, 4.69) is 11.4 Å². The van der Waals surface area contributed by atoms with Crippen molar-refractivity contribution in [3.8, 4) is 11.8 Å². The SMILES string of the molecule is CCOc1ccc(CNc2cccc(C)c2C#N)cc1. The molecule has 0 amide bonds. The first-order valence-corrected chi connectivity index (χ1v) is 6.70. The summed E-state index contributed by atoms with van der Waals surface area (Å²) < 4.78 is 5.41. The number of nitrogens with zero attached hydrogens (tertiary/aromatic N) is 1. The number of hydrogen-bond acceptors (Lipinski definition) is 3. The van der Waals surface area contributed by atoms with Gasteiger partial charge in [-0.15, -0.1) is 0 Å². The van der Waals surface area contributed by atoms with Crippen LogP contribution in [0.2, 0.25) is 0 Å². The first kappa shape index (κ1) is 14.0. The van der Waals surface area contributed by atoms with Crippen LogP contribution in [0.3, 0.4) is 0 Å². The molecule has 0 unspecified atom stereocenters. The number of nitriles is 1. The average molecular weight is 266 g/mol. The third-order valence-electron chi connectivity index (χ3n) is 3.10. The Labute approximate surface area is 119 Å². The van der Waals surface area contributed by atoms with Gasteiger partial charge in [0.1, 0.15) is 11.8 Å². The Morgan fingerprint density at radius 2 is 1.90 bits per heavy atom. The summed E-state index contributed by atoms with van der Waals surface area (Å²) in [4.78, 5) is 0. The molecule has 2 rings (SSSR count). The van der Waals surface area contributed by atoms with Gasteiger partial charge in [0.05, 0.1) is 17.9 Å². The number of ether oxygens (including phenoxy) is 1. The van der Waals surface area contributed by atoms with Gasteiger partial charge in [0.25, 0.3) is 0 Å². The molecule has 2 aromatic carbocycles. The Morgan fingerprint density at radius 1 is 1.15 bits per heavy atom. The topological polar surface area (TPSA) is 45.0 Å². The van der Waals surface area contributed by atoms with E-state index in [1.54, 1.807) is 0 Å². The van der Waals surface area contributed by atoms with Crippen molar-refractivity contribution in [1.82, 2.24) is 0 Å². The zero-order valence-corrected chi connectivity index (χ0v) is 11.8. The predicted octanol–water partition coefficient (Wildman–Crippen LogP) is 3.88. The molecule has 0 aliphatic heterocycles. The fourth-order valence-electron chi connectivity index (χ4n) is 2.03. The number of benzene rings is 2. The second-order valence-electron chi connectivity index (χ2n) is 4.54. The van der Waals surface area contributed by atoms with E-state index in [-0.39, 0.29) is 0 Å². The van der Waals surface area contributed by atoms with E-state index in [1.807, 2.05) is 56.3 Å². The van der Waals surface area contributed by atoms with Crippen molar-refractivity contribution in [2.45, 2.75) is 20.4 Å². The van der Waals surface area contributed by atoms with E-state index in [1.165, 1.54) is 0 Å². The van der Waals surface area contributed by atoms with Crippen molar-refractivity contribution in [1.29, 1.82) is 5.26 Å². The first-order valence-electron chi connectivity index (χ1n) is 6.70. The Kier molecular flexibility index (Phi) is 4.62. The molecule has 3 heteroatoms. The Hall–Kier alpha value is -2.47. The minimum Gasteiger partial charge on any atom is -0.494 e. The molecule has 0 radical (unpaired) electrons. The van der Waals surface area contributed by atoms with Crippen molar-refractivity contribution < 1.29 is 4.74 Å². The van der Waals surface area contributed by atoms with Gasteiger partial charge in [-0.3, -0.25) is 0 Å². The lowest BCUT2D eigenvalue weighted by atomic mass is 10.1. The predicted molar refractivity (Wildman–Crippen MR) is 80.8 cm³/mol. The molecule has 0 heterocycles. The highest BCUT2D eigenvalue weighted by atomic mass is 16.5. The highest BCUT2D eigenvalue weighted by Crippen LogP contribution is 2.19. The van der Waals surface area contributed by atoms with Crippen LogP contribution in [-0.2, 0) is 6.54 Å². The molecule has 20 heavy (non-hydrogen) atoms. The third-order valence-corrected chi connectivity index (χ3v) is 3.10. The van der Waals surface area contributed by atoms with Gasteiger partial charge in [0.15, 0.2) is 0 Å². The minimum absolute atomic E-state index is 0.673. The highest BCUT2D eigenvalue weighted by Gasteiger charge is 2.04. The van der Waals surface area contributed by atoms with Crippen molar-refractivity contribution >= 4 is 5.69 Å². The molecule has 0 fully saturated rings. The molecule has 2 aromatic rings. The summed E-state index contributed by atoms with van der Waals surface area (Å²) in [5, 5.41) is 12.5. The van der Waals surface area contributed by atoms with Crippen LogP contribution >= 0.6 is 0 Å². The third kappa shape index (κ3) is 3.30. The van der Waals surface area contributed by atoms with E-state index >= 15 is 0 Å². The van der Waals surface area contributed by atoms with Gasteiger partial charge in [0, 0.05) is 6.54 Å². The molecule has 0 aliphatic carbocycles. The lowest BCUT2D eigenvalue weighted by Gasteiger charge is -2.10. The second-order valence-corrected chi connectivity index (χ2v) is 4.54. The lowest BCUT2D eigenvalue weighted by Crippen LogP contribution is -2.02. The van der Waals surface area contributed by atoms with Crippen molar-refractivity contribution in [2.24, 2.45) is 0 Å². The van der Waals surface area contributed by atoms with Crippen LogP contribution in [0.5, 0.6) is 5.75 Å². The fourth-order valence-corrected chi connectivity index (χ4v) is 2.03. The molecule has 102 valence electrons. The van der Waals surface area contributed by atoms with E-state index in [0.29, 0.717) is 18.7 Å². The smallest absolute Gasteiger partial charge is 0.119 e. The fraction of sp³-hybridized carbons (Fsp3) is 0.235. The Bertz CT molecular complexity index is 612. The molecule has 3 nitrogen and oxygen atoms in total. The Balaban J connectivity index is 2.06. The number of hydrogen-bond donors (Lipinski definition) is 1. The van der Waals surface area contributed by atoms with Crippen LogP contribution in [0, 0.1) is 18.3 Å². The molecular formula is C17H18N2O. The summed E-state index contributed by atoms with van der Waals surface area (Å²) in [7, 11) is 0. The lowest BCUT2D eigenvalue weighted by molar-refractivity contribution is 0.340. The van der Waals surface area contributed by atoms with Crippen LogP contribution in [0.25, 0.3) is 0 Å². The zero-order valence-electron chi connectivity index (χ0n) is 11.8. The first-order chi connectivity index (χ1) is 9.74. The number of anilines is 1. The number of rotatable bonds is 5. The Morgan fingerprint density at radius 3 is 2.55 bits per heavy atom. The number of nitrogens with one attached hydrogen (secondary N) is 1. The molecular weight excluding hydrogens is 248 g/mol. The van der Waals surface area contributed by atoms with E-state index < -0.39 is 0 Å². The molecule has 0 atom stereocenters. The maximum absolute atomic E-state index is 9.19. The van der Waals surface area contributed by atoms with Gasteiger partial charge in [0.2, 0.25) is 0 Å². The summed E-state index contributed by atoms with van der Waals surface area (Å²) in [5.74, 6) is 0.879. The molecule has 0 aromatic heterocycles. The van der Waals surface area contributed by atoms with E-state index in [0.717, 1.165) is 22.6 Å². The van der Waals surface area contributed by atoms with Crippen LogP contribution < -0.4 is 10.1 Å². The van der Waals surface area contributed by atoms with Crippen LogP contribution in [0.15, 0.2) is 42.5 Å². The van der Waals surface area contributed by atoms with Gasteiger partial charge in [-0.05, 0) is 43.2 Å². The van der Waals surface area contributed by atoms with Crippen molar-refractivity contribution in [2.75, 3.05) is 11.9 Å². The van der Waals surface area contributed by atoms with Crippen LogP contribution in [0.4, 0.5) is 5.69 Å². The molecule has 0 saturated carbocycles. The largest absolute Gasteiger partial charge is 0.494 e. The summed E-state index contributed by atoms with van der Waals surface area (Å²) in [6.45, 7) is 5.27. The molecule has 1 N–H and O–H groups in total. The summed E-state index contributed by atoms with van der Waals surface area (Å²) in [5.41, 5.74) is 3.72. The number of aryl methyl sites for hydroxylation is 1. The monoisotopic (exact) mass is 266 g/mol. The quantitative estimate of drug-likeness (QED) is 0.893. The summed E-state index contributed by atoms with van der Waals surface area (Å²) in [6.07, 6.45) is 0. The minimum atomic E-state index is 0.673. The summed E-state index contributed by atoms with van der Waals surface area (Å²) in [6, 6.07) is 16.1. The van der Waals surface area contributed by atoms with E-state index in [4.69, 9.17) is 4.74 Å². The zero-order chi connectivity index (χ0) is 14.4. The summed E-state index contributed by atoms with van der Waals surface area (Å²) >= 11 is 0. The standard InChI is InChI=1S/C17H18N2O/c1-3-20-15-9-7-14(8-10-15)12-19-17-6-4-5-13(2)16(17)11-18/h4-10,19H,3,12H2,1-2H3.